The lowest BCUT2D eigenvalue weighted by Gasteiger charge is -2.25. The number of pyridine rings is 1. The first kappa shape index (κ1) is 14.2. The Morgan fingerprint density at radius 2 is 2.15 bits per heavy atom. The van der Waals surface area contributed by atoms with Gasteiger partial charge in [-0.2, -0.15) is 5.10 Å². The van der Waals surface area contributed by atoms with Crippen LogP contribution in [0.15, 0.2) is 36.8 Å². The van der Waals surface area contributed by atoms with Gasteiger partial charge in [-0.3, -0.25) is 4.79 Å². The van der Waals surface area contributed by atoms with Gasteiger partial charge in [0.2, 0.25) is 5.91 Å². The number of aromatic nitrogens is 3. The molecule has 0 fully saturated rings. The summed E-state index contributed by atoms with van der Waals surface area (Å²) in [5, 5.41) is 6.85. The molecule has 1 amide bonds. The van der Waals surface area contributed by atoms with Crippen molar-refractivity contribution < 1.29 is 4.79 Å². The molecule has 2 rings (SSSR count). The van der Waals surface area contributed by atoms with Crippen LogP contribution < -0.4 is 11.1 Å². The molecule has 6 nitrogen and oxygen atoms in total. The molecular weight excluding hydrogens is 254 g/mol. The normalized spacial score (nSPS) is 13.0. The van der Waals surface area contributed by atoms with Crippen LogP contribution in [0.1, 0.15) is 20.8 Å². The van der Waals surface area contributed by atoms with Gasteiger partial charge in [-0.05, 0) is 23.6 Å². The highest BCUT2D eigenvalue weighted by atomic mass is 16.2. The van der Waals surface area contributed by atoms with Crippen molar-refractivity contribution in [1.29, 1.82) is 0 Å². The second kappa shape index (κ2) is 5.42. The third-order valence-electron chi connectivity index (χ3n) is 2.97. The summed E-state index contributed by atoms with van der Waals surface area (Å²) in [5.41, 5.74) is 6.23. The van der Waals surface area contributed by atoms with Gasteiger partial charge in [0.25, 0.3) is 0 Å². The Balaban J connectivity index is 2.06. The Bertz CT molecular complexity index is 569. The van der Waals surface area contributed by atoms with E-state index in [4.69, 9.17) is 5.73 Å². The first-order chi connectivity index (χ1) is 9.38. The lowest BCUT2D eigenvalue weighted by atomic mass is 9.87. The number of amides is 1. The smallest absolute Gasteiger partial charge is 0.241 e. The molecule has 0 unspecified atom stereocenters. The number of nitrogens with one attached hydrogen (secondary N) is 1. The van der Waals surface area contributed by atoms with Gasteiger partial charge >= 0.3 is 0 Å². The maximum absolute atomic E-state index is 12.0. The minimum absolute atomic E-state index is 0.217. The molecule has 0 aliphatic carbocycles. The molecule has 0 saturated heterocycles. The summed E-state index contributed by atoms with van der Waals surface area (Å²) < 4.78 is 1.65. The Kier molecular flexibility index (Phi) is 3.85. The molecule has 0 aliphatic rings. The lowest BCUT2D eigenvalue weighted by Crippen LogP contribution is -2.45. The number of nitrogens with two attached hydrogens (primary N) is 1. The molecule has 0 radical (unpaired) electrons. The Hall–Kier alpha value is -2.21. The van der Waals surface area contributed by atoms with Crippen LogP contribution in [0.2, 0.25) is 0 Å². The molecule has 0 saturated carbocycles. The molecule has 0 aromatic carbocycles. The maximum atomic E-state index is 12.0. The van der Waals surface area contributed by atoms with Gasteiger partial charge in [-0.1, -0.05) is 20.8 Å². The van der Waals surface area contributed by atoms with E-state index < -0.39 is 6.04 Å². The summed E-state index contributed by atoms with van der Waals surface area (Å²) in [7, 11) is 0. The SMILES string of the molecule is CC(C)(C)[C@H](N)C(=O)Nc1ccc(-n2cccn2)nc1. The maximum Gasteiger partial charge on any atom is 0.241 e. The van der Waals surface area contributed by atoms with Gasteiger partial charge in [-0.25, -0.2) is 9.67 Å². The number of hydrogen-bond donors (Lipinski definition) is 2. The van der Waals surface area contributed by atoms with E-state index in [0.717, 1.165) is 0 Å². The second-order valence-electron chi connectivity index (χ2n) is 5.69. The third-order valence-corrected chi connectivity index (χ3v) is 2.97. The monoisotopic (exact) mass is 273 g/mol. The largest absolute Gasteiger partial charge is 0.323 e. The van der Waals surface area contributed by atoms with Crippen LogP contribution in [-0.4, -0.2) is 26.7 Å². The minimum Gasteiger partial charge on any atom is -0.323 e. The summed E-state index contributed by atoms with van der Waals surface area (Å²) in [6.07, 6.45) is 5.07. The summed E-state index contributed by atoms with van der Waals surface area (Å²) in [6.45, 7) is 5.78. The van der Waals surface area contributed by atoms with E-state index >= 15 is 0 Å². The number of rotatable bonds is 3. The topological polar surface area (TPSA) is 85.8 Å². The van der Waals surface area contributed by atoms with E-state index in [1.807, 2.05) is 26.8 Å². The molecule has 6 heteroatoms. The van der Waals surface area contributed by atoms with Crippen molar-refractivity contribution in [3.05, 3.63) is 36.8 Å². The molecule has 1 atom stereocenters. The van der Waals surface area contributed by atoms with E-state index in [1.54, 1.807) is 35.4 Å². The molecule has 0 spiro atoms. The summed E-state index contributed by atoms with van der Waals surface area (Å²) >= 11 is 0. The number of hydrogen-bond acceptors (Lipinski definition) is 4. The van der Waals surface area contributed by atoms with E-state index in [-0.39, 0.29) is 11.3 Å². The Labute approximate surface area is 118 Å². The van der Waals surface area contributed by atoms with Crippen molar-refractivity contribution >= 4 is 11.6 Å². The number of carbonyl (C=O) groups excluding carboxylic acids is 1. The molecule has 2 aromatic heterocycles. The molecular formula is C14H19N5O. The highest BCUT2D eigenvalue weighted by Gasteiger charge is 2.27. The summed E-state index contributed by atoms with van der Waals surface area (Å²) in [5.74, 6) is 0.472. The van der Waals surface area contributed by atoms with Gasteiger partial charge in [0, 0.05) is 12.4 Å². The number of carbonyl (C=O) groups is 1. The first-order valence-electron chi connectivity index (χ1n) is 6.40. The van der Waals surface area contributed by atoms with Crippen molar-refractivity contribution in [3.8, 4) is 5.82 Å². The van der Waals surface area contributed by atoms with Crippen molar-refractivity contribution in [2.45, 2.75) is 26.8 Å². The highest BCUT2D eigenvalue weighted by Crippen LogP contribution is 2.19. The van der Waals surface area contributed by atoms with Crippen molar-refractivity contribution in [2.75, 3.05) is 5.32 Å². The van der Waals surface area contributed by atoms with Crippen LogP contribution in [-0.2, 0) is 4.79 Å². The van der Waals surface area contributed by atoms with Crippen LogP contribution in [0.25, 0.3) is 5.82 Å². The van der Waals surface area contributed by atoms with Crippen LogP contribution >= 0.6 is 0 Å². The van der Waals surface area contributed by atoms with E-state index in [0.29, 0.717) is 11.5 Å². The second-order valence-corrected chi connectivity index (χ2v) is 5.69. The number of nitrogens with zero attached hydrogens (tertiary/aromatic N) is 3. The fourth-order valence-corrected chi connectivity index (χ4v) is 1.61. The Morgan fingerprint density at radius 1 is 1.40 bits per heavy atom. The Morgan fingerprint density at radius 3 is 2.65 bits per heavy atom. The van der Waals surface area contributed by atoms with Gasteiger partial charge in [0.05, 0.1) is 17.9 Å². The quantitative estimate of drug-likeness (QED) is 0.889. The van der Waals surface area contributed by atoms with Crippen molar-refractivity contribution in [2.24, 2.45) is 11.1 Å². The average molecular weight is 273 g/mol. The van der Waals surface area contributed by atoms with Crippen LogP contribution in [0.3, 0.4) is 0 Å². The zero-order chi connectivity index (χ0) is 14.8. The molecule has 106 valence electrons. The van der Waals surface area contributed by atoms with E-state index in [9.17, 15) is 4.79 Å². The minimum atomic E-state index is -0.576. The zero-order valence-electron chi connectivity index (χ0n) is 11.9. The molecule has 0 bridgehead atoms. The summed E-state index contributed by atoms with van der Waals surface area (Å²) in [4.78, 5) is 16.2. The standard InChI is InChI=1S/C14H19N5O/c1-14(2,3)12(15)13(20)18-10-5-6-11(16-9-10)19-8-4-7-17-19/h4-9,12H,15H2,1-3H3,(H,18,20)/t12-/m1/s1. The van der Waals surface area contributed by atoms with Crippen LogP contribution in [0.4, 0.5) is 5.69 Å². The van der Waals surface area contributed by atoms with Crippen LogP contribution in [0.5, 0.6) is 0 Å². The number of anilines is 1. The molecule has 20 heavy (non-hydrogen) atoms. The lowest BCUT2D eigenvalue weighted by molar-refractivity contribution is -0.119. The van der Waals surface area contributed by atoms with Gasteiger partial charge in [-0.15, -0.1) is 0 Å². The van der Waals surface area contributed by atoms with Gasteiger partial charge < -0.3 is 11.1 Å². The molecule has 3 N–H and O–H groups in total. The van der Waals surface area contributed by atoms with E-state index in [2.05, 4.69) is 15.4 Å². The van der Waals surface area contributed by atoms with Gasteiger partial charge in [0.1, 0.15) is 0 Å². The summed E-state index contributed by atoms with van der Waals surface area (Å²) in [6, 6.07) is 4.80. The van der Waals surface area contributed by atoms with Crippen molar-refractivity contribution in [3.63, 3.8) is 0 Å². The van der Waals surface area contributed by atoms with Crippen LogP contribution in [0, 0.1) is 5.41 Å². The first-order valence-corrected chi connectivity index (χ1v) is 6.40. The van der Waals surface area contributed by atoms with E-state index in [1.165, 1.54) is 0 Å². The third kappa shape index (κ3) is 3.21. The fraction of sp³-hybridized carbons (Fsp3) is 0.357. The molecule has 0 aliphatic heterocycles. The van der Waals surface area contributed by atoms with Crippen molar-refractivity contribution in [1.82, 2.24) is 14.8 Å². The average Bonchev–Trinajstić information content (AvgIpc) is 2.91. The molecule has 2 aromatic rings. The fourth-order valence-electron chi connectivity index (χ4n) is 1.61. The highest BCUT2D eigenvalue weighted by molar-refractivity contribution is 5.95. The van der Waals surface area contributed by atoms with Gasteiger partial charge in [0.15, 0.2) is 5.82 Å². The zero-order valence-corrected chi connectivity index (χ0v) is 11.9. The molecule has 2 heterocycles. The predicted molar refractivity (Wildman–Crippen MR) is 77.4 cm³/mol. The predicted octanol–water partition coefficient (Wildman–Crippen LogP) is 1.58.